The van der Waals surface area contributed by atoms with Gasteiger partial charge in [-0.25, -0.2) is 4.79 Å². The van der Waals surface area contributed by atoms with E-state index in [9.17, 15) is 4.79 Å². The largest absolute Gasteiger partial charge is 0.465 e. The van der Waals surface area contributed by atoms with Gasteiger partial charge in [-0.2, -0.15) is 10.4 Å². The molecule has 1 heterocycles. The number of aryl methyl sites for hydroxylation is 1. The second kappa shape index (κ2) is 6.71. The zero-order valence-corrected chi connectivity index (χ0v) is 12.2. The Morgan fingerprint density at radius 1 is 1.43 bits per heavy atom. The molecule has 0 atom stereocenters. The number of benzene rings is 1. The van der Waals surface area contributed by atoms with E-state index in [1.54, 1.807) is 12.3 Å². The van der Waals surface area contributed by atoms with Crippen LogP contribution in [0.2, 0.25) is 0 Å². The van der Waals surface area contributed by atoms with Crippen LogP contribution in [-0.4, -0.2) is 22.9 Å². The van der Waals surface area contributed by atoms with Gasteiger partial charge in [0.2, 0.25) is 0 Å². The quantitative estimate of drug-likeness (QED) is 0.791. The molecule has 5 heteroatoms. The van der Waals surface area contributed by atoms with E-state index in [0.717, 1.165) is 24.1 Å². The first-order valence-electron chi connectivity index (χ1n) is 6.80. The first kappa shape index (κ1) is 14.8. The number of hydrogen-bond donors (Lipinski definition) is 0. The zero-order valence-electron chi connectivity index (χ0n) is 12.2. The minimum atomic E-state index is -0.423. The van der Waals surface area contributed by atoms with Gasteiger partial charge in [-0.05, 0) is 29.7 Å². The van der Waals surface area contributed by atoms with Crippen molar-refractivity contribution < 1.29 is 9.53 Å². The van der Waals surface area contributed by atoms with E-state index in [1.165, 1.54) is 7.11 Å². The fourth-order valence-corrected chi connectivity index (χ4v) is 2.18. The number of esters is 1. The van der Waals surface area contributed by atoms with Crippen LogP contribution < -0.4 is 0 Å². The highest BCUT2D eigenvalue weighted by molar-refractivity contribution is 5.92. The lowest BCUT2D eigenvalue weighted by Gasteiger charge is -2.07. The van der Waals surface area contributed by atoms with E-state index in [0.29, 0.717) is 11.1 Å². The van der Waals surface area contributed by atoms with Gasteiger partial charge in [-0.3, -0.25) is 4.68 Å². The van der Waals surface area contributed by atoms with Gasteiger partial charge >= 0.3 is 5.97 Å². The number of carbonyl (C=O) groups excluding carboxylic acids is 1. The predicted molar refractivity (Wildman–Crippen MR) is 78.6 cm³/mol. The summed E-state index contributed by atoms with van der Waals surface area (Å²) in [6.07, 6.45) is 4.94. The van der Waals surface area contributed by atoms with Crippen molar-refractivity contribution in [3.63, 3.8) is 0 Å². The molecule has 0 aliphatic rings. The van der Waals surface area contributed by atoms with Gasteiger partial charge in [0.1, 0.15) is 0 Å². The third kappa shape index (κ3) is 3.29. The lowest BCUT2D eigenvalue weighted by Crippen LogP contribution is -2.05. The van der Waals surface area contributed by atoms with E-state index < -0.39 is 5.97 Å². The second-order valence-corrected chi connectivity index (χ2v) is 4.69. The molecule has 1 aromatic carbocycles. The van der Waals surface area contributed by atoms with E-state index in [2.05, 4.69) is 18.1 Å². The van der Waals surface area contributed by atoms with E-state index in [-0.39, 0.29) is 6.42 Å². The van der Waals surface area contributed by atoms with Crippen molar-refractivity contribution in [2.24, 2.45) is 0 Å². The Bertz CT molecular complexity index is 683. The number of methoxy groups -OCH3 is 1. The van der Waals surface area contributed by atoms with Gasteiger partial charge in [0.15, 0.2) is 0 Å². The zero-order chi connectivity index (χ0) is 15.2. The molecule has 0 spiro atoms. The molecule has 0 bridgehead atoms. The Morgan fingerprint density at radius 3 is 2.90 bits per heavy atom. The van der Waals surface area contributed by atoms with Gasteiger partial charge in [-0.15, -0.1) is 0 Å². The monoisotopic (exact) mass is 283 g/mol. The summed E-state index contributed by atoms with van der Waals surface area (Å²) in [4.78, 5) is 11.7. The van der Waals surface area contributed by atoms with Gasteiger partial charge in [0.25, 0.3) is 0 Å². The summed E-state index contributed by atoms with van der Waals surface area (Å²) in [5.41, 5.74) is 3.02. The van der Waals surface area contributed by atoms with Crippen LogP contribution in [0, 0.1) is 11.3 Å². The van der Waals surface area contributed by atoms with Crippen molar-refractivity contribution in [1.82, 2.24) is 9.78 Å². The lowest BCUT2D eigenvalue weighted by atomic mass is 9.99. The number of rotatable bonds is 5. The van der Waals surface area contributed by atoms with Gasteiger partial charge in [-0.1, -0.05) is 13.0 Å². The highest BCUT2D eigenvalue weighted by Crippen LogP contribution is 2.23. The average molecular weight is 283 g/mol. The summed E-state index contributed by atoms with van der Waals surface area (Å²) in [7, 11) is 1.33. The third-order valence-corrected chi connectivity index (χ3v) is 3.20. The predicted octanol–water partition coefficient (Wildman–Crippen LogP) is 2.81. The maximum absolute atomic E-state index is 11.7. The molecule has 2 aromatic rings. The Balaban J connectivity index is 2.38. The Labute approximate surface area is 123 Å². The molecule has 0 radical (unpaired) electrons. The summed E-state index contributed by atoms with van der Waals surface area (Å²) < 4.78 is 6.62. The van der Waals surface area contributed by atoms with Crippen LogP contribution in [0.25, 0.3) is 11.1 Å². The maximum Gasteiger partial charge on any atom is 0.338 e. The number of carbonyl (C=O) groups is 1. The highest BCUT2D eigenvalue weighted by atomic mass is 16.5. The van der Waals surface area contributed by atoms with Crippen molar-refractivity contribution in [2.45, 2.75) is 26.3 Å². The minimum absolute atomic E-state index is 0.168. The summed E-state index contributed by atoms with van der Waals surface area (Å²) >= 11 is 0. The van der Waals surface area contributed by atoms with Gasteiger partial charge < -0.3 is 4.74 Å². The molecule has 5 nitrogen and oxygen atoms in total. The number of nitrogens with zero attached hydrogens (tertiary/aromatic N) is 3. The molecular formula is C16H17N3O2. The second-order valence-electron chi connectivity index (χ2n) is 4.69. The third-order valence-electron chi connectivity index (χ3n) is 3.20. The van der Waals surface area contributed by atoms with E-state index in [4.69, 9.17) is 10.00 Å². The molecule has 0 N–H and O–H groups in total. The molecule has 0 fully saturated rings. The fraction of sp³-hybridized carbons (Fsp3) is 0.312. The molecule has 21 heavy (non-hydrogen) atoms. The standard InChI is InChI=1S/C16H17N3O2/c1-3-8-19-11-14(10-18-19)12-4-5-15(16(20)21-2)13(9-12)6-7-17/h4-5,9-11H,3,6,8H2,1-2H3. The number of nitriles is 1. The smallest absolute Gasteiger partial charge is 0.338 e. The summed E-state index contributed by atoms with van der Waals surface area (Å²) in [5, 5.41) is 13.2. The van der Waals surface area contributed by atoms with Crippen LogP contribution in [0.5, 0.6) is 0 Å². The fourth-order valence-electron chi connectivity index (χ4n) is 2.18. The van der Waals surface area contributed by atoms with Crippen LogP contribution in [0.3, 0.4) is 0 Å². The number of ether oxygens (including phenoxy) is 1. The molecule has 0 aliphatic heterocycles. The first-order chi connectivity index (χ1) is 10.2. The lowest BCUT2D eigenvalue weighted by molar-refractivity contribution is 0.0599. The first-order valence-corrected chi connectivity index (χ1v) is 6.80. The topological polar surface area (TPSA) is 67.9 Å². The van der Waals surface area contributed by atoms with Crippen LogP contribution in [0.1, 0.15) is 29.3 Å². The van der Waals surface area contributed by atoms with Crippen molar-refractivity contribution in [1.29, 1.82) is 5.26 Å². The highest BCUT2D eigenvalue weighted by Gasteiger charge is 2.13. The summed E-state index contributed by atoms with van der Waals surface area (Å²) in [6, 6.07) is 7.48. The summed E-state index contributed by atoms with van der Waals surface area (Å²) in [5.74, 6) is -0.423. The number of hydrogen-bond acceptors (Lipinski definition) is 4. The Kier molecular flexibility index (Phi) is 4.72. The van der Waals surface area contributed by atoms with E-state index in [1.807, 2.05) is 23.0 Å². The molecule has 0 saturated carbocycles. The van der Waals surface area contributed by atoms with Gasteiger partial charge in [0, 0.05) is 18.3 Å². The Hall–Kier alpha value is -2.61. The Morgan fingerprint density at radius 2 is 2.24 bits per heavy atom. The van der Waals surface area contributed by atoms with Gasteiger partial charge in [0.05, 0.1) is 31.4 Å². The van der Waals surface area contributed by atoms with Crippen molar-refractivity contribution in [3.05, 3.63) is 41.7 Å². The molecule has 0 unspecified atom stereocenters. The van der Waals surface area contributed by atoms with Crippen molar-refractivity contribution >= 4 is 5.97 Å². The maximum atomic E-state index is 11.7. The van der Waals surface area contributed by atoms with E-state index >= 15 is 0 Å². The molecular weight excluding hydrogens is 266 g/mol. The van der Waals surface area contributed by atoms with Crippen LogP contribution in [-0.2, 0) is 17.7 Å². The van der Waals surface area contributed by atoms with Crippen molar-refractivity contribution in [3.8, 4) is 17.2 Å². The molecule has 0 saturated heterocycles. The normalized spacial score (nSPS) is 10.1. The van der Waals surface area contributed by atoms with Crippen LogP contribution in [0.4, 0.5) is 0 Å². The SMILES string of the molecule is CCCn1cc(-c2ccc(C(=O)OC)c(CC#N)c2)cn1. The van der Waals surface area contributed by atoms with Crippen LogP contribution >= 0.6 is 0 Å². The number of aromatic nitrogens is 2. The molecule has 1 aromatic heterocycles. The minimum Gasteiger partial charge on any atom is -0.465 e. The molecule has 0 aliphatic carbocycles. The summed E-state index contributed by atoms with van der Waals surface area (Å²) in [6.45, 7) is 2.96. The average Bonchev–Trinajstić information content (AvgIpc) is 2.96. The van der Waals surface area contributed by atoms with Crippen LogP contribution in [0.15, 0.2) is 30.6 Å². The molecule has 0 amide bonds. The van der Waals surface area contributed by atoms with Crippen molar-refractivity contribution in [2.75, 3.05) is 7.11 Å². The molecule has 2 rings (SSSR count). The molecule has 108 valence electrons.